The van der Waals surface area contributed by atoms with Gasteiger partial charge in [0.1, 0.15) is 6.61 Å². The van der Waals surface area contributed by atoms with Crippen molar-refractivity contribution in [1.82, 2.24) is 4.31 Å². The summed E-state index contributed by atoms with van der Waals surface area (Å²) >= 11 is 4.34. The Hall–Kier alpha value is -0.380. The molecular formula is C11H17NO2S. The standard InChI is InChI=1S/C11H17NO2S/c1-10(2)7-3-4-8(10)11(5-7)6-14-9(13)12(11)15/h7-8,15H,3-6H2,1-2H3. The lowest BCUT2D eigenvalue weighted by Crippen LogP contribution is -2.47. The average Bonchev–Trinajstić information content (AvgIpc) is 2.70. The number of cyclic esters (lactones) is 1. The van der Waals surface area contributed by atoms with Gasteiger partial charge in [-0.15, -0.1) is 0 Å². The van der Waals surface area contributed by atoms with Gasteiger partial charge in [-0.2, -0.15) is 0 Å². The van der Waals surface area contributed by atoms with Crippen molar-refractivity contribution >= 4 is 18.9 Å². The Morgan fingerprint density at radius 3 is 2.60 bits per heavy atom. The molecule has 1 heterocycles. The number of carbonyl (C=O) groups excluding carboxylic acids is 1. The highest BCUT2D eigenvalue weighted by Crippen LogP contribution is 2.65. The number of rotatable bonds is 0. The highest BCUT2D eigenvalue weighted by molar-refractivity contribution is 7.78. The molecule has 84 valence electrons. The van der Waals surface area contributed by atoms with Gasteiger partial charge in [0, 0.05) is 0 Å². The molecule has 3 rings (SSSR count). The zero-order valence-corrected chi connectivity index (χ0v) is 10.1. The Labute approximate surface area is 95.7 Å². The van der Waals surface area contributed by atoms with Gasteiger partial charge in [-0.1, -0.05) is 26.7 Å². The first-order valence-corrected chi connectivity index (χ1v) is 6.04. The van der Waals surface area contributed by atoms with Gasteiger partial charge in [-0.25, -0.2) is 9.10 Å². The molecule has 0 aromatic carbocycles. The van der Waals surface area contributed by atoms with Crippen molar-refractivity contribution in [3.63, 3.8) is 0 Å². The summed E-state index contributed by atoms with van der Waals surface area (Å²) in [6, 6.07) is 0. The monoisotopic (exact) mass is 227 g/mol. The summed E-state index contributed by atoms with van der Waals surface area (Å²) < 4.78 is 6.73. The molecule has 1 aliphatic heterocycles. The molecule has 15 heavy (non-hydrogen) atoms. The molecule has 2 bridgehead atoms. The minimum Gasteiger partial charge on any atom is -0.446 e. The first kappa shape index (κ1) is 9.82. The minimum atomic E-state index is -0.262. The van der Waals surface area contributed by atoms with Gasteiger partial charge in [0.2, 0.25) is 0 Å². The fraction of sp³-hybridized carbons (Fsp3) is 0.909. The van der Waals surface area contributed by atoms with Gasteiger partial charge in [0.15, 0.2) is 0 Å². The van der Waals surface area contributed by atoms with Crippen LogP contribution in [0.5, 0.6) is 0 Å². The van der Waals surface area contributed by atoms with Crippen LogP contribution in [0.4, 0.5) is 4.79 Å². The van der Waals surface area contributed by atoms with Crippen LogP contribution < -0.4 is 0 Å². The van der Waals surface area contributed by atoms with Crippen molar-refractivity contribution in [1.29, 1.82) is 0 Å². The summed E-state index contributed by atoms with van der Waals surface area (Å²) in [5, 5.41) is 0. The third-order valence-electron chi connectivity index (χ3n) is 5.04. The molecule has 1 spiro atoms. The lowest BCUT2D eigenvalue weighted by Gasteiger charge is -2.37. The molecule has 0 aromatic rings. The molecule has 3 atom stereocenters. The predicted octanol–water partition coefficient (Wildman–Crippen LogP) is 2.48. The van der Waals surface area contributed by atoms with Gasteiger partial charge in [0.25, 0.3) is 0 Å². The fourth-order valence-electron chi connectivity index (χ4n) is 4.18. The van der Waals surface area contributed by atoms with Gasteiger partial charge >= 0.3 is 6.09 Å². The molecule has 3 nitrogen and oxygen atoms in total. The van der Waals surface area contributed by atoms with Crippen LogP contribution in [0.1, 0.15) is 33.1 Å². The van der Waals surface area contributed by atoms with E-state index < -0.39 is 0 Å². The maximum Gasteiger partial charge on any atom is 0.420 e. The van der Waals surface area contributed by atoms with Crippen LogP contribution in [0.3, 0.4) is 0 Å². The molecule has 2 aliphatic carbocycles. The molecule has 0 N–H and O–H groups in total. The van der Waals surface area contributed by atoms with E-state index in [1.165, 1.54) is 12.8 Å². The lowest BCUT2D eigenvalue weighted by molar-refractivity contribution is 0.132. The fourth-order valence-corrected chi connectivity index (χ4v) is 4.51. The van der Waals surface area contributed by atoms with Gasteiger partial charge in [-0.05, 0) is 36.5 Å². The summed E-state index contributed by atoms with van der Waals surface area (Å²) in [6.07, 6.45) is 3.32. The topological polar surface area (TPSA) is 29.5 Å². The summed E-state index contributed by atoms with van der Waals surface area (Å²) in [6.45, 7) is 5.20. The second-order valence-corrected chi connectivity index (χ2v) is 6.22. The second kappa shape index (κ2) is 2.65. The Morgan fingerprint density at radius 2 is 2.20 bits per heavy atom. The molecular weight excluding hydrogens is 210 g/mol. The molecule has 0 aromatic heterocycles. The normalized spacial score (nSPS) is 46.6. The molecule has 2 saturated carbocycles. The van der Waals surface area contributed by atoms with Gasteiger partial charge in [-0.3, -0.25) is 0 Å². The molecule has 3 aliphatic rings. The van der Waals surface area contributed by atoms with Crippen molar-refractivity contribution in [3.8, 4) is 0 Å². The predicted molar refractivity (Wildman–Crippen MR) is 59.5 cm³/mol. The van der Waals surface area contributed by atoms with Crippen LogP contribution >= 0.6 is 12.8 Å². The lowest BCUT2D eigenvalue weighted by atomic mass is 9.77. The highest BCUT2D eigenvalue weighted by atomic mass is 32.1. The zero-order chi connectivity index (χ0) is 10.8. The Balaban J connectivity index is 2.01. The third kappa shape index (κ3) is 0.967. The Kier molecular flexibility index (Phi) is 1.73. The summed E-state index contributed by atoms with van der Waals surface area (Å²) in [5.41, 5.74) is 0.238. The second-order valence-electron chi connectivity index (χ2n) is 5.82. The van der Waals surface area contributed by atoms with Crippen molar-refractivity contribution < 1.29 is 9.53 Å². The maximum atomic E-state index is 11.4. The van der Waals surface area contributed by atoms with Crippen LogP contribution in [0.2, 0.25) is 0 Å². The Morgan fingerprint density at radius 1 is 1.47 bits per heavy atom. The van der Waals surface area contributed by atoms with Crippen molar-refractivity contribution in [2.75, 3.05) is 6.61 Å². The number of hydrogen-bond acceptors (Lipinski definition) is 3. The molecule has 3 fully saturated rings. The molecule has 0 radical (unpaired) electrons. The van der Waals surface area contributed by atoms with Crippen molar-refractivity contribution in [2.24, 2.45) is 17.3 Å². The summed E-state index contributed by atoms with van der Waals surface area (Å²) in [7, 11) is 0. The maximum absolute atomic E-state index is 11.4. The third-order valence-corrected chi connectivity index (χ3v) is 5.60. The highest BCUT2D eigenvalue weighted by Gasteiger charge is 2.66. The largest absolute Gasteiger partial charge is 0.446 e. The van der Waals surface area contributed by atoms with Gasteiger partial charge in [0.05, 0.1) is 5.54 Å². The molecule has 1 saturated heterocycles. The molecule has 3 unspecified atom stereocenters. The molecule has 1 amide bonds. The first-order chi connectivity index (χ1) is 6.98. The van der Waals surface area contributed by atoms with Crippen LogP contribution in [-0.4, -0.2) is 22.5 Å². The van der Waals surface area contributed by atoms with E-state index in [2.05, 4.69) is 26.7 Å². The van der Waals surface area contributed by atoms with Crippen LogP contribution in [-0.2, 0) is 4.74 Å². The zero-order valence-electron chi connectivity index (χ0n) is 9.19. The number of nitrogens with zero attached hydrogens (tertiary/aromatic N) is 1. The van der Waals surface area contributed by atoms with E-state index >= 15 is 0 Å². The van der Waals surface area contributed by atoms with E-state index in [9.17, 15) is 4.79 Å². The number of amides is 1. The van der Waals surface area contributed by atoms with Crippen molar-refractivity contribution in [2.45, 2.75) is 38.6 Å². The van der Waals surface area contributed by atoms with E-state index in [0.717, 1.165) is 12.3 Å². The van der Waals surface area contributed by atoms with Crippen LogP contribution in [0.25, 0.3) is 0 Å². The number of thiol groups is 1. The number of carbonyl (C=O) groups is 1. The van der Waals surface area contributed by atoms with E-state index in [0.29, 0.717) is 17.9 Å². The van der Waals surface area contributed by atoms with Crippen LogP contribution in [0.15, 0.2) is 0 Å². The number of hydrogen-bond donors (Lipinski definition) is 1. The number of ether oxygens (including phenoxy) is 1. The van der Waals surface area contributed by atoms with E-state index in [1.54, 1.807) is 4.31 Å². The van der Waals surface area contributed by atoms with Crippen LogP contribution in [0, 0.1) is 17.3 Å². The number of fused-ring (bicyclic) bond motifs is 3. The van der Waals surface area contributed by atoms with Crippen molar-refractivity contribution in [3.05, 3.63) is 0 Å². The minimum absolute atomic E-state index is 0.105. The van der Waals surface area contributed by atoms with E-state index in [-0.39, 0.29) is 11.6 Å². The summed E-state index contributed by atoms with van der Waals surface area (Å²) in [4.78, 5) is 11.4. The quantitative estimate of drug-likeness (QED) is 0.644. The summed E-state index contributed by atoms with van der Waals surface area (Å²) in [5.74, 6) is 1.28. The smallest absolute Gasteiger partial charge is 0.420 e. The van der Waals surface area contributed by atoms with Gasteiger partial charge < -0.3 is 4.74 Å². The van der Waals surface area contributed by atoms with E-state index in [1.807, 2.05) is 0 Å². The first-order valence-electron chi connectivity index (χ1n) is 5.64. The van der Waals surface area contributed by atoms with E-state index in [4.69, 9.17) is 4.74 Å². The molecule has 4 heteroatoms. The Bertz CT molecular complexity index is 331. The SMILES string of the molecule is CC1(C)C2CCC1C1(COC(=O)N1S)C2. The average molecular weight is 227 g/mol.